The van der Waals surface area contributed by atoms with Gasteiger partial charge >= 0.3 is 0 Å². The number of aryl methyl sites for hydroxylation is 1. The lowest BCUT2D eigenvalue weighted by Crippen LogP contribution is -2.36. The zero-order valence-electron chi connectivity index (χ0n) is 19.2. The Morgan fingerprint density at radius 3 is 2.45 bits per heavy atom. The maximum absolute atomic E-state index is 13.3. The molecule has 2 N–H and O–H groups in total. The van der Waals surface area contributed by atoms with Crippen molar-refractivity contribution < 1.29 is 19.1 Å². The van der Waals surface area contributed by atoms with Gasteiger partial charge in [0.2, 0.25) is 0 Å². The van der Waals surface area contributed by atoms with Crippen LogP contribution in [0.15, 0.2) is 65.7 Å². The molecular weight excluding hydrogens is 436 g/mol. The number of amides is 2. The van der Waals surface area contributed by atoms with Crippen LogP contribution >= 0.6 is 11.3 Å². The molecule has 1 atom stereocenters. The second-order valence-corrected chi connectivity index (χ2v) is 8.43. The van der Waals surface area contributed by atoms with Crippen LogP contribution in [0.5, 0.6) is 11.5 Å². The van der Waals surface area contributed by atoms with E-state index in [0.29, 0.717) is 23.5 Å². The maximum atomic E-state index is 13.3. The van der Waals surface area contributed by atoms with Crippen molar-refractivity contribution >= 4 is 29.2 Å². The SMILES string of the molecule is CC[C@H](NC(=O)/C(=C/c1cccs1)NC(=O)c1cccc(C)c1)c1ccc(OC)c(OC)c1. The number of carbonyl (C=O) groups excluding carboxylic acids is 2. The zero-order valence-corrected chi connectivity index (χ0v) is 20.0. The van der Waals surface area contributed by atoms with Crippen LogP contribution in [0.4, 0.5) is 0 Å². The highest BCUT2D eigenvalue weighted by molar-refractivity contribution is 7.10. The van der Waals surface area contributed by atoms with Gasteiger partial charge in [0.25, 0.3) is 11.8 Å². The van der Waals surface area contributed by atoms with Gasteiger partial charge in [0.1, 0.15) is 5.70 Å². The van der Waals surface area contributed by atoms with Crippen LogP contribution in [-0.2, 0) is 4.79 Å². The molecule has 0 saturated heterocycles. The summed E-state index contributed by atoms with van der Waals surface area (Å²) in [5.74, 6) is 0.498. The summed E-state index contributed by atoms with van der Waals surface area (Å²) in [5, 5.41) is 7.75. The topological polar surface area (TPSA) is 76.7 Å². The van der Waals surface area contributed by atoms with Crippen LogP contribution in [0.25, 0.3) is 6.08 Å². The van der Waals surface area contributed by atoms with Crippen molar-refractivity contribution in [3.05, 3.63) is 87.2 Å². The summed E-state index contributed by atoms with van der Waals surface area (Å²) in [7, 11) is 3.15. The van der Waals surface area contributed by atoms with Gasteiger partial charge in [-0.05, 0) is 60.7 Å². The first-order valence-corrected chi connectivity index (χ1v) is 11.5. The number of benzene rings is 2. The van der Waals surface area contributed by atoms with Crippen LogP contribution in [-0.4, -0.2) is 26.0 Å². The summed E-state index contributed by atoms with van der Waals surface area (Å²) in [4.78, 5) is 27.0. The average Bonchev–Trinajstić information content (AvgIpc) is 3.34. The van der Waals surface area contributed by atoms with Gasteiger partial charge in [0.15, 0.2) is 11.5 Å². The first kappa shape index (κ1) is 24.1. The molecule has 0 bridgehead atoms. The second kappa shape index (κ2) is 11.3. The fraction of sp³-hybridized carbons (Fsp3) is 0.231. The van der Waals surface area contributed by atoms with Crippen molar-refractivity contribution in [2.75, 3.05) is 14.2 Å². The van der Waals surface area contributed by atoms with Crippen LogP contribution in [0.2, 0.25) is 0 Å². The fourth-order valence-corrected chi connectivity index (χ4v) is 4.04. The summed E-state index contributed by atoms with van der Waals surface area (Å²) < 4.78 is 10.7. The number of ether oxygens (including phenoxy) is 2. The summed E-state index contributed by atoms with van der Waals surface area (Å²) in [6.07, 6.45) is 2.34. The molecule has 0 fully saturated rings. The Labute approximate surface area is 198 Å². The number of hydrogen-bond acceptors (Lipinski definition) is 5. The van der Waals surface area contributed by atoms with Crippen molar-refractivity contribution in [2.24, 2.45) is 0 Å². The third kappa shape index (κ3) is 6.23. The van der Waals surface area contributed by atoms with Crippen LogP contribution < -0.4 is 20.1 Å². The summed E-state index contributed by atoms with van der Waals surface area (Å²) >= 11 is 1.49. The Hall–Kier alpha value is -3.58. The van der Waals surface area contributed by atoms with E-state index in [9.17, 15) is 9.59 Å². The van der Waals surface area contributed by atoms with Gasteiger partial charge in [0, 0.05) is 10.4 Å². The van der Waals surface area contributed by atoms with Gasteiger partial charge in [-0.25, -0.2) is 0 Å². The molecule has 1 aromatic heterocycles. The van der Waals surface area contributed by atoms with Gasteiger partial charge in [-0.15, -0.1) is 11.3 Å². The first-order chi connectivity index (χ1) is 15.9. The summed E-state index contributed by atoms with van der Waals surface area (Å²) in [5.41, 5.74) is 2.52. The highest BCUT2D eigenvalue weighted by atomic mass is 32.1. The minimum absolute atomic E-state index is 0.183. The monoisotopic (exact) mass is 464 g/mol. The van der Waals surface area contributed by atoms with Crippen molar-refractivity contribution in [1.29, 1.82) is 0 Å². The van der Waals surface area contributed by atoms with Crippen molar-refractivity contribution in [1.82, 2.24) is 10.6 Å². The molecular formula is C26H28N2O4S. The molecule has 0 spiro atoms. The van der Waals surface area contributed by atoms with E-state index in [0.717, 1.165) is 16.0 Å². The lowest BCUT2D eigenvalue weighted by molar-refractivity contribution is -0.118. The Morgan fingerprint density at radius 1 is 1.03 bits per heavy atom. The van der Waals surface area contributed by atoms with Gasteiger partial charge in [-0.1, -0.05) is 36.8 Å². The van der Waals surface area contributed by atoms with E-state index in [2.05, 4.69) is 10.6 Å². The molecule has 0 aliphatic carbocycles. The predicted molar refractivity (Wildman–Crippen MR) is 132 cm³/mol. The van der Waals surface area contributed by atoms with Crippen LogP contribution in [0.1, 0.15) is 45.7 Å². The summed E-state index contributed by atoms with van der Waals surface area (Å²) in [6, 6.07) is 16.3. The van der Waals surface area contributed by atoms with E-state index in [4.69, 9.17) is 9.47 Å². The second-order valence-electron chi connectivity index (χ2n) is 7.45. The average molecular weight is 465 g/mol. The Morgan fingerprint density at radius 2 is 1.82 bits per heavy atom. The summed E-state index contributed by atoms with van der Waals surface area (Å²) in [6.45, 7) is 3.90. The van der Waals surface area contributed by atoms with E-state index in [1.807, 2.05) is 61.7 Å². The standard InChI is InChI=1S/C26H28N2O4S/c1-5-21(18-11-12-23(31-3)24(15-18)32-4)27-26(30)22(16-20-10-7-13-33-20)28-25(29)19-9-6-8-17(2)14-19/h6-16,21H,5H2,1-4H3,(H,27,30)(H,28,29)/b22-16-/t21-/m0/s1. The van der Waals surface area contributed by atoms with Crippen molar-refractivity contribution in [3.8, 4) is 11.5 Å². The fourth-order valence-electron chi connectivity index (χ4n) is 3.38. The molecule has 172 valence electrons. The minimum atomic E-state index is -0.369. The number of rotatable bonds is 9. The van der Waals surface area contributed by atoms with E-state index in [-0.39, 0.29) is 23.6 Å². The lowest BCUT2D eigenvalue weighted by atomic mass is 10.0. The molecule has 0 aliphatic rings. The third-order valence-corrected chi connectivity index (χ3v) is 5.95. The van der Waals surface area contributed by atoms with Gasteiger partial charge in [0.05, 0.1) is 20.3 Å². The molecule has 2 aromatic carbocycles. The van der Waals surface area contributed by atoms with Crippen LogP contribution in [0.3, 0.4) is 0 Å². The van der Waals surface area contributed by atoms with Crippen molar-refractivity contribution in [2.45, 2.75) is 26.3 Å². The molecule has 2 amide bonds. The maximum Gasteiger partial charge on any atom is 0.268 e. The number of nitrogens with one attached hydrogen (secondary N) is 2. The van der Waals surface area contributed by atoms with Crippen LogP contribution in [0, 0.1) is 6.92 Å². The molecule has 0 saturated carbocycles. The van der Waals surface area contributed by atoms with Crippen molar-refractivity contribution in [3.63, 3.8) is 0 Å². The normalized spacial score (nSPS) is 12.1. The molecule has 3 rings (SSSR count). The number of thiophene rings is 1. The van der Waals surface area contributed by atoms with E-state index in [1.54, 1.807) is 32.4 Å². The molecule has 0 unspecified atom stereocenters. The molecule has 7 heteroatoms. The Bertz CT molecular complexity index is 1140. The van der Waals surface area contributed by atoms with E-state index in [1.165, 1.54) is 11.3 Å². The Balaban J connectivity index is 1.85. The number of methoxy groups -OCH3 is 2. The Kier molecular flexibility index (Phi) is 8.27. The minimum Gasteiger partial charge on any atom is -0.493 e. The van der Waals surface area contributed by atoms with Gasteiger partial charge < -0.3 is 20.1 Å². The number of carbonyl (C=O) groups is 2. The predicted octanol–water partition coefficient (Wildman–Crippen LogP) is 5.11. The molecule has 0 aliphatic heterocycles. The van der Waals surface area contributed by atoms with E-state index < -0.39 is 0 Å². The van der Waals surface area contributed by atoms with E-state index >= 15 is 0 Å². The number of hydrogen-bond donors (Lipinski definition) is 2. The zero-order chi connectivity index (χ0) is 23.8. The third-order valence-electron chi connectivity index (χ3n) is 5.13. The highest BCUT2D eigenvalue weighted by Crippen LogP contribution is 2.31. The smallest absolute Gasteiger partial charge is 0.268 e. The molecule has 1 heterocycles. The quantitative estimate of drug-likeness (QED) is 0.432. The lowest BCUT2D eigenvalue weighted by Gasteiger charge is -2.20. The van der Waals surface area contributed by atoms with Gasteiger partial charge in [-0.3, -0.25) is 9.59 Å². The molecule has 6 nitrogen and oxygen atoms in total. The molecule has 33 heavy (non-hydrogen) atoms. The first-order valence-electron chi connectivity index (χ1n) is 10.6. The largest absolute Gasteiger partial charge is 0.493 e. The molecule has 0 radical (unpaired) electrons. The highest BCUT2D eigenvalue weighted by Gasteiger charge is 2.20. The van der Waals surface area contributed by atoms with Gasteiger partial charge in [-0.2, -0.15) is 0 Å². The molecule has 3 aromatic rings.